The van der Waals surface area contributed by atoms with E-state index < -0.39 is 11.9 Å². The van der Waals surface area contributed by atoms with Crippen molar-refractivity contribution in [2.24, 2.45) is 0 Å². The molecule has 5 heteroatoms. The number of benzene rings is 2. The normalized spacial score (nSPS) is 11.8. The van der Waals surface area contributed by atoms with E-state index in [0.29, 0.717) is 5.69 Å². The molecule has 26 heavy (non-hydrogen) atoms. The lowest BCUT2D eigenvalue weighted by molar-refractivity contribution is -0.705. The van der Waals surface area contributed by atoms with Crippen LogP contribution in [0.15, 0.2) is 73.1 Å². The number of pyridine rings is 1. The molecule has 0 aliphatic heterocycles. The average Bonchev–Trinajstić information content (AvgIpc) is 2.65. The first kappa shape index (κ1) is 18.1. The van der Waals surface area contributed by atoms with Crippen molar-refractivity contribution < 1.29 is 13.8 Å². The van der Waals surface area contributed by atoms with Crippen LogP contribution in [0.1, 0.15) is 24.1 Å². The Morgan fingerprint density at radius 3 is 2.38 bits per heavy atom. The minimum absolute atomic E-state index is 0.175. The van der Waals surface area contributed by atoms with E-state index in [1.807, 2.05) is 47.3 Å². The third-order valence-electron chi connectivity index (χ3n) is 4.19. The van der Waals surface area contributed by atoms with E-state index in [1.165, 1.54) is 29.3 Å². The number of nitrogens with zero attached hydrogens (tertiary/aromatic N) is 1. The van der Waals surface area contributed by atoms with Crippen molar-refractivity contribution in [3.05, 3.63) is 95.0 Å². The fraction of sp³-hybridized carbons (Fsp3) is 0.143. The SMILES string of the molecule is C[C@@H](C(=O)Nc1ccc(F)cc1Cl)[n+]1ccc(Cc2ccccc2)cc1. The van der Waals surface area contributed by atoms with Crippen LogP contribution >= 0.6 is 11.6 Å². The first-order chi connectivity index (χ1) is 12.5. The van der Waals surface area contributed by atoms with Crippen LogP contribution in [0.25, 0.3) is 0 Å². The highest BCUT2D eigenvalue weighted by Gasteiger charge is 2.22. The molecule has 3 rings (SSSR count). The zero-order valence-corrected chi connectivity index (χ0v) is 15.1. The highest BCUT2D eigenvalue weighted by atomic mass is 35.5. The zero-order valence-electron chi connectivity index (χ0n) is 14.3. The molecule has 2 aromatic carbocycles. The fourth-order valence-corrected chi connectivity index (χ4v) is 2.85. The summed E-state index contributed by atoms with van der Waals surface area (Å²) in [7, 11) is 0. The van der Waals surface area contributed by atoms with Gasteiger partial charge in [-0.2, -0.15) is 4.57 Å². The topological polar surface area (TPSA) is 33.0 Å². The summed E-state index contributed by atoms with van der Waals surface area (Å²) in [6.07, 6.45) is 4.61. The van der Waals surface area contributed by atoms with Crippen molar-refractivity contribution in [2.75, 3.05) is 5.32 Å². The number of halogens is 2. The Morgan fingerprint density at radius 2 is 1.73 bits per heavy atom. The van der Waals surface area contributed by atoms with Crippen molar-refractivity contribution in [1.29, 1.82) is 0 Å². The lowest BCUT2D eigenvalue weighted by Gasteiger charge is -2.10. The standard InChI is InChI=1S/C21H18ClFN2O/c1-15(21(26)24-20-8-7-18(23)14-19(20)22)25-11-9-17(10-12-25)13-16-5-3-2-4-6-16/h2-12,14-15H,13H2,1H3/p+1/t15-/m0/s1. The molecule has 0 bridgehead atoms. The third-order valence-corrected chi connectivity index (χ3v) is 4.50. The van der Waals surface area contributed by atoms with Crippen LogP contribution in [-0.4, -0.2) is 5.91 Å². The van der Waals surface area contributed by atoms with Gasteiger partial charge in [-0.25, -0.2) is 4.39 Å². The number of anilines is 1. The van der Waals surface area contributed by atoms with Gasteiger partial charge in [-0.3, -0.25) is 4.79 Å². The number of amides is 1. The largest absolute Gasteiger partial charge is 0.319 e. The molecule has 1 amide bonds. The number of aromatic nitrogens is 1. The van der Waals surface area contributed by atoms with E-state index in [0.717, 1.165) is 6.42 Å². The van der Waals surface area contributed by atoms with E-state index in [2.05, 4.69) is 17.4 Å². The Balaban J connectivity index is 1.67. The summed E-state index contributed by atoms with van der Waals surface area (Å²) in [5.74, 6) is -0.663. The minimum atomic E-state index is -0.440. The number of rotatable bonds is 5. The van der Waals surface area contributed by atoms with Crippen LogP contribution in [0.4, 0.5) is 10.1 Å². The molecule has 1 heterocycles. The molecule has 0 radical (unpaired) electrons. The molecule has 0 fully saturated rings. The van der Waals surface area contributed by atoms with E-state index in [-0.39, 0.29) is 10.9 Å². The van der Waals surface area contributed by atoms with Gasteiger partial charge in [-0.15, -0.1) is 0 Å². The number of nitrogens with one attached hydrogen (secondary N) is 1. The van der Waals surface area contributed by atoms with Gasteiger partial charge < -0.3 is 5.32 Å². The molecule has 0 unspecified atom stereocenters. The Bertz CT molecular complexity index is 898. The molecule has 1 aromatic heterocycles. The molecule has 1 atom stereocenters. The predicted molar refractivity (Wildman–Crippen MR) is 101 cm³/mol. The molecule has 0 aliphatic carbocycles. The molecule has 3 aromatic rings. The molecule has 132 valence electrons. The second-order valence-electron chi connectivity index (χ2n) is 6.11. The third kappa shape index (κ3) is 4.46. The molecular formula is C21H19ClFN2O+. The van der Waals surface area contributed by atoms with Gasteiger partial charge in [0.2, 0.25) is 6.04 Å². The van der Waals surface area contributed by atoms with Gasteiger partial charge in [-0.1, -0.05) is 41.9 Å². The Kier molecular flexibility index (Phi) is 5.64. The molecule has 0 aliphatic rings. The quantitative estimate of drug-likeness (QED) is 0.657. The Hall–Kier alpha value is -2.72. The van der Waals surface area contributed by atoms with Crippen molar-refractivity contribution in [1.82, 2.24) is 0 Å². The van der Waals surface area contributed by atoms with Crippen LogP contribution in [-0.2, 0) is 11.2 Å². The second-order valence-corrected chi connectivity index (χ2v) is 6.51. The number of hydrogen-bond acceptors (Lipinski definition) is 1. The summed E-state index contributed by atoms with van der Waals surface area (Å²) in [5, 5.41) is 2.91. The molecule has 0 spiro atoms. The molecule has 3 nitrogen and oxygen atoms in total. The van der Waals surface area contributed by atoms with Crippen molar-refractivity contribution in [3.63, 3.8) is 0 Å². The first-order valence-corrected chi connectivity index (χ1v) is 8.70. The number of carbonyl (C=O) groups is 1. The molecular weight excluding hydrogens is 351 g/mol. The van der Waals surface area contributed by atoms with Gasteiger partial charge in [0.25, 0.3) is 5.91 Å². The summed E-state index contributed by atoms with van der Waals surface area (Å²) >= 11 is 5.96. The van der Waals surface area contributed by atoms with Gasteiger partial charge >= 0.3 is 0 Å². The van der Waals surface area contributed by atoms with Crippen molar-refractivity contribution in [3.8, 4) is 0 Å². The molecule has 0 saturated carbocycles. The zero-order chi connectivity index (χ0) is 18.5. The summed E-state index contributed by atoms with van der Waals surface area (Å²) in [6, 6.07) is 17.7. The van der Waals surface area contributed by atoms with E-state index in [4.69, 9.17) is 11.6 Å². The average molecular weight is 370 g/mol. The maximum atomic E-state index is 13.1. The van der Waals surface area contributed by atoms with Crippen LogP contribution in [0.3, 0.4) is 0 Å². The second kappa shape index (κ2) is 8.11. The number of hydrogen-bond donors (Lipinski definition) is 1. The first-order valence-electron chi connectivity index (χ1n) is 8.32. The van der Waals surface area contributed by atoms with Gasteiger partial charge in [-0.05, 0) is 35.7 Å². The predicted octanol–water partition coefficient (Wildman–Crippen LogP) is 4.56. The summed E-state index contributed by atoms with van der Waals surface area (Å²) in [4.78, 5) is 12.4. The fourth-order valence-electron chi connectivity index (χ4n) is 2.64. The van der Waals surface area contributed by atoms with E-state index in [9.17, 15) is 9.18 Å². The van der Waals surface area contributed by atoms with Crippen molar-refractivity contribution >= 4 is 23.2 Å². The Labute approximate surface area is 157 Å². The minimum Gasteiger partial charge on any atom is -0.319 e. The van der Waals surface area contributed by atoms with Crippen molar-refractivity contribution in [2.45, 2.75) is 19.4 Å². The lowest BCUT2D eigenvalue weighted by Crippen LogP contribution is -2.44. The summed E-state index contributed by atoms with van der Waals surface area (Å²) in [5.41, 5.74) is 2.80. The van der Waals surface area contributed by atoms with Crippen LogP contribution in [0.2, 0.25) is 5.02 Å². The Morgan fingerprint density at radius 1 is 1.08 bits per heavy atom. The number of carbonyl (C=O) groups excluding carboxylic acids is 1. The maximum Gasteiger partial charge on any atom is 0.293 e. The van der Waals surface area contributed by atoms with Gasteiger partial charge in [0, 0.05) is 19.1 Å². The van der Waals surface area contributed by atoms with Gasteiger partial charge in [0.15, 0.2) is 12.4 Å². The lowest BCUT2D eigenvalue weighted by atomic mass is 10.1. The van der Waals surface area contributed by atoms with E-state index in [1.54, 1.807) is 6.92 Å². The highest BCUT2D eigenvalue weighted by Crippen LogP contribution is 2.23. The molecule has 0 saturated heterocycles. The summed E-state index contributed by atoms with van der Waals surface area (Å²) in [6.45, 7) is 1.80. The summed E-state index contributed by atoms with van der Waals surface area (Å²) < 4.78 is 14.9. The maximum absolute atomic E-state index is 13.1. The van der Waals surface area contributed by atoms with E-state index >= 15 is 0 Å². The van der Waals surface area contributed by atoms with Gasteiger partial charge in [0.05, 0.1) is 10.7 Å². The van der Waals surface area contributed by atoms with Crippen LogP contribution in [0, 0.1) is 5.82 Å². The monoisotopic (exact) mass is 369 g/mol. The van der Waals surface area contributed by atoms with Crippen LogP contribution < -0.4 is 9.88 Å². The van der Waals surface area contributed by atoms with Gasteiger partial charge in [0.1, 0.15) is 5.82 Å². The molecule has 1 N–H and O–H groups in total. The smallest absolute Gasteiger partial charge is 0.293 e. The highest BCUT2D eigenvalue weighted by molar-refractivity contribution is 6.33. The van der Waals surface area contributed by atoms with Crippen LogP contribution in [0.5, 0.6) is 0 Å².